The van der Waals surface area contributed by atoms with Crippen LogP contribution in [-0.4, -0.2) is 25.3 Å². The Morgan fingerprint density at radius 1 is 1.29 bits per heavy atom. The Bertz CT molecular complexity index is 583. The molecule has 1 heterocycles. The highest BCUT2D eigenvalue weighted by molar-refractivity contribution is 7.09. The Kier molecular flexibility index (Phi) is 5.59. The zero-order valence-corrected chi connectivity index (χ0v) is 13.8. The first-order chi connectivity index (χ1) is 10.1. The Hall–Kier alpha value is -1.59. The van der Waals surface area contributed by atoms with Crippen LogP contribution in [0.3, 0.4) is 0 Å². The Balaban J connectivity index is 2.13. The van der Waals surface area contributed by atoms with Crippen LogP contribution in [0.5, 0.6) is 5.75 Å². The summed E-state index contributed by atoms with van der Waals surface area (Å²) in [5.41, 5.74) is 5.13. The molecule has 0 fully saturated rings. The topological polar surface area (TPSA) is 43.4 Å². The number of ether oxygens (including phenoxy) is 2. The normalized spacial score (nSPS) is 12.2. The van der Waals surface area contributed by atoms with Gasteiger partial charge >= 0.3 is 0 Å². The molecule has 2 rings (SSSR count). The third kappa shape index (κ3) is 4.19. The molecule has 0 spiro atoms. The van der Waals surface area contributed by atoms with E-state index in [1.807, 2.05) is 18.5 Å². The third-order valence-electron chi connectivity index (χ3n) is 3.23. The first-order valence-corrected chi connectivity index (χ1v) is 7.88. The molecule has 2 aromatic rings. The number of anilines is 1. The molecule has 0 amide bonds. The fourth-order valence-corrected chi connectivity index (χ4v) is 2.94. The molecule has 0 saturated carbocycles. The van der Waals surface area contributed by atoms with Gasteiger partial charge in [0.15, 0.2) is 0 Å². The van der Waals surface area contributed by atoms with Crippen molar-refractivity contribution in [3.8, 4) is 5.75 Å². The lowest BCUT2D eigenvalue weighted by Crippen LogP contribution is -2.10. The van der Waals surface area contributed by atoms with Crippen molar-refractivity contribution in [3.63, 3.8) is 0 Å². The van der Waals surface area contributed by atoms with Gasteiger partial charge in [-0.25, -0.2) is 4.98 Å². The van der Waals surface area contributed by atoms with E-state index < -0.39 is 0 Å². The fourth-order valence-electron chi connectivity index (χ4n) is 2.13. The summed E-state index contributed by atoms with van der Waals surface area (Å²) >= 11 is 1.67. The molecule has 21 heavy (non-hydrogen) atoms. The minimum absolute atomic E-state index is 0.199. The molecule has 0 saturated heterocycles. The van der Waals surface area contributed by atoms with E-state index in [0.29, 0.717) is 13.2 Å². The number of benzene rings is 1. The third-order valence-corrected chi connectivity index (χ3v) is 4.34. The lowest BCUT2D eigenvalue weighted by molar-refractivity contribution is 0.146. The molecular formula is C16H22N2O2S. The van der Waals surface area contributed by atoms with E-state index in [4.69, 9.17) is 9.47 Å². The van der Waals surface area contributed by atoms with Gasteiger partial charge in [-0.05, 0) is 38.5 Å². The maximum Gasteiger partial charge on any atom is 0.142 e. The first-order valence-electron chi connectivity index (χ1n) is 7.00. The van der Waals surface area contributed by atoms with E-state index in [-0.39, 0.29) is 6.04 Å². The average Bonchev–Trinajstić information content (AvgIpc) is 2.88. The second-order valence-corrected chi connectivity index (χ2v) is 5.90. The minimum Gasteiger partial charge on any atom is -0.489 e. The van der Waals surface area contributed by atoms with Crippen molar-refractivity contribution in [1.82, 2.24) is 4.98 Å². The second kappa shape index (κ2) is 7.43. The number of rotatable bonds is 7. The van der Waals surface area contributed by atoms with E-state index in [0.717, 1.165) is 17.1 Å². The predicted molar refractivity (Wildman–Crippen MR) is 87.4 cm³/mol. The van der Waals surface area contributed by atoms with Crippen LogP contribution in [0.25, 0.3) is 0 Å². The van der Waals surface area contributed by atoms with Gasteiger partial charge < -0.3 is 14.8 Å². The lowest BCUT2D eigenvalue weighted by atomic mass is 10.1. The summed E-state index contributed by atoms with van der Waals surface area (Å²) in [6, 6.07) is 6.39. The Labute approximate surface area is 130 Å². The summed E-state index contributed by atoms with van der Waals surface area (Å²) in [6.45, 7) is 7.36. The van der Waals surface area contributed by atoms with Crippen molar-refractivity contribution >= 4 is 17.0 Å². The average molecular weight is 306 g/mol. The summed E-state index contributed by atoms with van der Waals surface area (Å²) in [4.78, 5) is 5.56. The number of nitrogens with zero attached hydrogens (tertiary/aromatic N) is 1. The van der Waals surface area contributed by atoms with Gasteiger partial charge in [-0.15, -0.1) is 11.3 Å². The van der Waals surface area contributed by atoms with Crippen molar-refractivity contribution < 1.29 is 9.47 Å². The van der Waals surface area contributed by atoms with E-state index in [2.05, 4.69) is 36.3 Å². The molecule has 0 radical (unpaired) electrons. The van der Waals surface area contributed by atoms with Crippen LogP contribution in [-0.2, 0) is 4.74 Å². The molecule has 1 unspecified atom stereocenters. The predicted octanol–water partition coefficient (Wildman–Crippen LogP) is 3.96. The van der Waals surface area contributed by atoms with Crippen molar-refractivity contribution in [2.45, 2.75) is 26.8 Å². The van der Waals surface area contributed by atoms with Crippen LogP contribution in [0.1, 0.15) is 29.1 Å². The number of methoxy groups -OCH3 is 1. The van der Waals surface area contributed by atoms with Crippen LogP contribution >= 0.6 is 11.3 Å². The molecule has 5 heteroatoms. The van der Waals surface area contributed by atoms with E-state index in [1.54, 1.807) is 18.4 Å². The summed E-state index contributed by atoms with van der Waals surface area (Å²) in [7, 11) is 1.67. The summed E-state index contributed by atoms with van der Waals surface area (Å²) in [6.07, 6.45) is 0. The van der Waals surface area contributed by atoms with Gasteiger partial charge in [-0.1, -0.05) is 6.07 Å². The second-order valence-electron chi connectivity index (χ2n) is 5.01. The molecule has 1 atom stereocenters. The number of thiazole rings is 1. The van der Waals surface area contributed by atoms with Crippen LogP contribution in [0, 0.1) is 13.8 Å². The SMILES string of the molecule is COCCOc1cc(C)ccc1NC(C)c1scnc1C. The smallest absolute Gasteiger partial charge is 0.142 e. The van der Waals surface area contributed by atoms with E-state index in [9.17, 15) is 0 Å². The molecule has 1 aromatic heterocycles. The standard InChI is InChI=1S/C16H22N2O2S/c1-11-5-6-14(15(9-11)20-8-7-19-4)18-13(3)16-12(2)17-10-21-16/h5-6,9-10,13,18H,7-8H2,1-4H3. The molecule has 0 aliphatic heterocycles. The van der Waals surface area contributed by atoms with Crippen LogP contribution < -0.4 is 10.1 Å². The Morgan fingerprint density at radius 2 is 2.10 bits per heavy atom. The fraction of sp³-hybridized carbons (Fsp3) is 0.438. The maximum absolute atomic E-state index is 5.81. The van der Waals surface area contributed by atoms with Gasteiger partial charge in [0.05, 0.1) is 29.5 Å². The Morgan fingerprint density at radius 3 is 2.76 bits per heavy atom. The molecule has 114 valence electrons. The summed E-state index contributed by atoms with van der Waals surface area (Å²) in [5, 5.41) is 3.51. The van der Waals surface area contributed by atoms with Crippen molar-refractivity contribution in [1.29, 1.82) is 0 Å². The van der Waals surface area contributed by atoms with E-state index in [1.165, 1.54) is 10.4 Å². The van der Waals surface area contributed by atoms with E-state index >= 15 is 0 Å². The van der Waals surface area contributed by atoms with Crippen LogP contribution in [0.4, 0.5) is 5.69 Å². The van der Waals surface area contributed by atoms with Gasteiger partial charge in [-0.2, -0.15) is 0 Å². The lowest BCUT2D eigenvalue weighted by Gasteiger charge is -2.18. The zero-order chi connectivity index (χ0) is 15.2. The first kappa shape index (κ1) is 15.8. The monoisotopic (exact) mass is 306 g/mol. The number of hydrogen-bond donors (Lipinski definition) is 1. The van der Waals surface area contributed by atoms with Crippen molar-refractivity contribution in [3.05, 3.63) is 39.8 Å². The zero-order valence-electron chi connectivity index (χ0n) is 13.0. The van der Waals surface area contributed by atoms with Crippen LogP contribution in [0.2, 0.25) is 0 Å². The molecule has 4 nitrogen and oxygen atoms in total. The highest BCUT2D eigenvalue weighted by Gasteiger charge is 2.13. The largest absolute Gasteiger partial charge is 0.489 e. The highest BCUT2D eigenvalue weighted by Crippen LogP contribution is 2.31. The molecule has 0 aliphatic carbocycles. The van der Waals surface area contributed by atoms with Gasteiger partial charge in [0.1, 0.15) is 12.4 Å². The highest BCUT2D eigenvalue weighted by atomic mass is 32.1. The number of aromatic nitrogens is 1. The molecule has 0 aliphatic rings. The summed E-state index contributed by atoms with van der Waals surface area (Å²) in [5.74, 6) is 0.862. The number of nitrogens with one attached hydrogen (secondary N) is 1. The molecule has 1 aromatic carbocycles. The number of hydrogen-bond acceptors (Lipinski definition) is 5. The van der Waals surface area contributed by atoms with Gasteiger partial charge in [-0.3, -0.25) is 0 Å². The summed E-state index contributed by atoms with van der Waals surface area (Å²) < 4.78 is 10.8. The molecular weight excluding hydrogens is 284 g/mol. The quantitative estimate of drug-likeness (QED) is 0.786. The maximum atomic E-state index is 5.81. The minimum atomic E-state index is 0.199. The number of aryl methyl sites for hydroxylation is 2. The molecule has 1 N–H and O–H groups in total. The van der Waals surface area contributed by atoms with Gasteiger partial charge in [0, 0.05) is 12.0 Å². The van der Waals surface area contributed by atoms with Crippen molar-refractivity contribution in [2.75, 3.05) is 25.6 Å². The van der Waals surface area contributed by atoms with Crippen molar-refractivity contribution in [2.24, 2.45) is 0 Å². The molecule has 0 bridgehead atoms. The van der Waals surface area contributed by atoms with Gasteiger partial charge in [0.2, 0.25) is 0 Å². The van der Waals surface area contributed by atoms with Crippen LogP contribution in [0.15, 0.2) is 23.7 Å². The van der Waals surface area contributed by atoms with Gasteiger partial charge in [0.25, 0.3) is 0 Å².